The summed E-state index contributed by atoms with van der Waals surface area (Å²) in [5.74, 6) is 0. The van der Waals surface area contributed by atoms with E-state index in [4.69, 9.17) is 24.4 Å². The zero-order chi connectivity index (χ0) is 7.15. The first-order valence-electron chi connectivity index (χ1n) is 1.06. The zero-order valence-corrected chi connectivity index (χ0v) is 6.85. The third-order valence-electron chi connectivity index (χ3n) is 0. The summed E-state index contributed by atoms with van der Waals surface area (Å²) in [5, 5.41) is 0. The van der Waals surface area contributed by atoms with Crippen LogP contribution in [0.1, 0.15) is 0 Å². The molecule has 0 saturated heterocycles. The molecule has 0 aromatic rings. The second-order valence-electron chi connectivity index (χ2n) is 0.461. The van der Waals surface area contributed by atoms with Gasteiger partial charge in [0.15, 0.2) is 0 Å². The van der Waals surface area contributed by atoms with Crippen LogP contribution in [0.2, 0.25) is 0 Å². The molecule has 10 heavy (non-hydrogen) atoms. The van der Waals surface area contributed by atoms with E-state index in [0.29, 0.717) is 0 Å². The van der Waals surface area contributed by atoms with Crippen LogP contribution in [0.25, 0.3) is 0 Å². The molecule has 0 aliphatic carbocycles. The van der Waals surface area contributed by atoms with E-state index in [0.717, 1.165) is 0 Å². The van der Waals surface area contributed by atoms with E-state index >= 15 is 0 Å². The zero-order valence-electron chi connectivity index (χ0n) is 3.42. The van der Waals surface area contributed by atoms with Gasteiger partial charge < -0.3 is 0 Å². The van der Waals surface area contributed by atoms with Crippen molar-refractivity contribution in [3.63, 3.8) is 0 Å². The Morgan fingerprint density at radius 1 is 0.800 bits per heavy atom. The molecule has 0 aliphatic rings. The van der Waals surface area contributed by atoms with Crippen molar-refractivity contribution in [2.45, 2.75) is 0 Å². The monoisotopic (exact) mass is 326 g/mol. The summed E-state index contributed by atoms with van der Waals surface area (Å²) in [6.07, 6.45) is 0. The summed E-state index contributed by atoms with van der Waals surface area (Å²) in [7, 11) is 0. The summed E-state index contributed by atoms with van der Waals surface area (Å²) >= 11 is -6.58. The van der Waals surface area contributed by atoms with Gasteiger partial charge in [-0.2, -0.15) is 0 Å². The number of hydrogen-bond donors (Lipinski definition) is 4. The van der Waals surface area contributed by atoms with E-state index in [1.54, 1.807) is 0 Å². The molecule has 58 valence electrons. The predicted molar refractivity (Wildman–Crippen MR) is 37.4 cm³/mol. The Labute approximate surface area is 125 Å². The van der Waals surface area contributed by atoms with Crippen LogP contribution < -0.4 is 0 Å². The first-order chi connectivity index (χ1) is 3.46. The number of rotatable bonds is 0. The molecule has 10 heteroatoms. The maximum atomic E-state index is 8.76. The van der Waals surface area contributed by atoms with Gasteiger partial charge in [0.1, 0.15) is 0 Å². The van der Waals surface area contributed by atoms with Crippen LogP contribution in [0.3, 0.4) is 0 Å². The Kier molecular flexibility index (Phi) is 41.1. The minimum absolute atomic E-state index is 0. The first kappa shape index (κ1) is 23.1. The fraction of sp³-hybridized carbons (Fsp3) is 0. The molecule has 0 saturated carbocycles. The summed E-state index contributed by atoms with van der Waals surface area (Å²) in [4.78, 5) is 0. The van der Waals surface area contributed by atoms with Gasteiger partial charge in [0.25, 0.3) is 0 Å². The van der Waals surface area contributed by atoms with Crippen molar-refractivity contribution in [1.29, 1.82) is 0 Å². The average molecular weight is 324 g/mol. The van der Waals surface area contributed by atoms with Gasteiger partial charge in [0.2, 0.25) is 0 Å². The molecule has 0 aromatic carbocycles. The van der Waals surface area contributed by atoms with E-state index in [1.165, 1.54) is 0 Å². The van der Waals surface area contributed by atoms with E-state index in [9.17, 15) is 0 Å². The van der Waals surface area contributed by atoms with Crippen LogP contribution in [0, 0.1) is 0 Å². The molecule has 0 bridgehead atoms. The van der Waals surface area contributed by atoms with Crippen molar-refractivity contribution in [3.05, 3.63) is 0 Å². The topological polar surface area (TPSA) is 115 Å². The molecule has 0 atom stereocenters. The van der Waals surface area contributed by atoms with Crippen LogP contribution >= 0.6 is 0 Å². The van der Waals surface area contributed by atoms with Gasteiger partial charge >= 0.3 is 128 Å². The van der Waals surface area contributed by atoms with Gasteiger partial charge in [-0.3, -0.25) is 0 Å². The molecule has 0 rings (SSSR count). The van der Waals surface area contributed by atoms with Crippen LogP contribution in [-0.2, 0) is 7.67 Å². The summed E-state index contributed by atoms with van der Waals surface area (Å²) in [5.41, 5.74) is 0. The van der Waals surface area contributed by atoms with E-state index in [1.807, 2.05) is 0 Å². The van der Waals surface area contributed by atoms with Gasteiger partial charge in [-0.25, -0.2) is 0 Å². The van der Waals surface area contributed by atoms with Gasteiger partial charge in [-0.15, -0.1) is 0 Å². The smallest absolute Gasteiger partial charge is 0.316 e. The molecular weight excluding hydrogens is 317 g/mol. The molecule has 0 aliphatic heterocycles. The standard InChI is InChI=1S/K.Mg.2H2O3Se.3H/c;;2*1-4(2)3;;;/h;;2*(H2,1,2,3);;;. The maximum Gasteiger partial charge on any atom is 0.316 e. The van der Waals surface area contributed by atoms with Crippen molar-refractivity contribution in [2.75, 3.05) is 0 Å². The van der Waals surface area contributed by atoms with Gasteiger partial charge in [0.05, 0.1) is 0 Å². The third-order valence-corrected chi connectivity index (χ3v) is 0. The fourth-order valence-electron chi connectivity index (χ4n) is 0. The van der Waals surface area contributed by atoms with E-state index < -0.39 is 29.0 Å². The SMILES string of the molecule is O=[Se](O)O.O=[Se](O)O.[KH].[MgH2]. The molecule has 0 spiro atoms. The maximum absolute atomic E-state index is 8.76. The molecule has 0 fully saturated rings. The second-order valence-corrected chi connectivity index (χ2v) is 2.40. The van der Waals surface area contributed by atoms with Crippen molar-refractivity contribution in [3.8, 4) is 0 Å². The Morgan fingerprint density at radius 2 is 0.800 bits per heavy atom. The van der Waals surface area contributed by atoms with Gasteiger partial charge in [-0.05, 0) is 0 Å². The molecule has 0 amide bonds. The van der Waals surface area contributed by atoms with Crippen LogP contribution in [-0.4, -0.2) is 120 Å². The molecular formula is H7KMgO6Se2. The van der Waals surface area contributed by atoms with E-state index in [2.05, 4.69) is 0 Å². The van der Waals surface area contributed by atoms with Gasteiger partial charge in [-0.1, -0.05) is 0 Å². The molecule has 0 aromatic heterocycles. The Bertz CT molecular complexity index is 73.7. The summed E-state index contributed by atoms with van der Waals surface area (Å²) in [6.45, 7) is 0. The minimum atomic E-state index is -3.29. The summed E-state index contributed by atoms with van der Waals surface area (Å²) in [6, 6.07) is 0. The minimum Gasteiger partial charge on any atom is 0.316 e. The second kappa shape index (κ2) is 17.8. The van der Waals surface area contributed by atoms with Crippen LogP contribution in [0.15, 0.2) is 0 Å². The Balaban J connectivity index is -0.0000000300. The molecule has 4 N–H and O–H groups in total. The first-order valence-corrected chi connectivity index (χ1v) is 5.53. The Morgan fingerprint density at radius 3 is 0.800 bits per heavy atom. The predicted octanol–water partition coefficient (Wildman–Crippen LogP) is -4.79. The molecule has 0 radical (unpaired) electrons. The Hall–Kier alpha value is 2.88. The third kappa shape index (κ3) is 128. The van der Waals surface area contributed by atoms with Crippen molar-refractivity contribution < 1.29 is 24.4 Å². The van der Waals surface area contributed by atoms with Crippen LogP contribution in [0.5, 0.6) is 0 Å². The molecule has 0 heterocycles. The van der Waals surface area contributed by atoms with Crippen molar-refractivity contribution in [2.24, 2.45) is 0 Å². The molecule has 0 unspecified atom stereocenters. The van der Waals surface area contributed by atoms with Crippen molar-refractivity contribution in [1.82, 2.24) is 0 Å². The normalized spacial score (nSPS) is 7.00. The summed E-state index contributed by atoms with van der Waals surface area (Å²) < 4.78 is 46.2. The quantitative estimate of drug-likeness (QED) is 0.333. The van der Waals surface area contributed by atoms with Crippen LogP contribution in [0.4, 0.5) is 0 Å². The van der Waals surface area contributed by atoms with Gasteiger partial charge in [0, 0.05) is 0 Å². The molecule has 6 nitrogen and oxygen atoms in total. The largest absolute Gasteiger partial charge is 0.316 e. The van der Waals surface area contributed by atoms with E-state index in [-0.39, 0.29) is 74.4 Å². The van der Waals surface area contributed by atoms with Crippen molar-refractivity contribution >= 4 is 103 Å². The average Bonchev–Trinajstić information content (AvgIpc) is 1.25. The fourth-order valence-corrected chi connectivity index (χ4v) is 0. The number of hydrogen-bond acceptors (Lipinski definition) is 2.